The van der Waals surface area contributed by atoms with E-state index >= 15 is 0 Å². The van der Waals surface area contributed by atoms with E-state index in [1.54, 1.807) is 6.20 Å². The molecular formula is C16H16F2N4O2. The van der Waals surface area contributed by atoms with Crippen molar-refractivity contribution in [3.8, 4) is 0 Å². The van der Waals surface area contributed by atoms with Crippen molar-refractivity contribution >= 4 is 17.4 Å². The van der Waals surface area contributed by atoms with Crippen molar-refractivity contribution in [1.82, 2.24) is 9.55 Å². The molecule has 0 saturated carbocycles. The molecular weight excluding hydrogens is 318 g/mol. The monoisotopic (exact) mass is 334 g/mol. The lowest BCUT2D eigenvalue weighted by molar-refractivity contribution is -0.117. The van der Waals surface area contributed by atoms with Crippen LogP contribution in [0, 0.1) is 11.6 Å². The normalized spacial score (nSPS) is 17.4. The van der Waals surface area contributed by atoms with E-state index in [0.29, 0.717) is 6.54 Å². The van der Waals surface area contributed by atoms with Gasteiger partial charge < -0.3 is 14.8 Å². The molecule has 1 amide bonds. The first kappa shape index (κ1) is 16.1. The molecule has 0 bridgehead atoms. The highest BCUT2D eigenvalue weighted by Gasteiger charge is 2.34. The van der Waals surface area contributed by atoms with Crippen LogP contribution in [0.15, 0.2) is 35.4 Å². The topological polar surface area (TPSA) is 67.2 Å². The van der Waals surface area contributed by atoms with Gasteiger partial charge in [-0.05, 0) is 19.1 Å². The molecule has 1 aromatic heterocycles. The molecule has 1 fully saturated rings. The first-order chi connectivity index (χ1) is 11.5. The molecule has 1 atom stereocenters. The lowest BCUT2D eigenvalue weighted by Gasteiger charge is -2.18. The summed E-state index contributed by atoms with van der Waals surface area (Å²) in [6.07, 6.45) is 3.07. The summed E-state index contributed by atoms with van der Waals surface area (Å²) < 4.78 is 29.2. The summed E-state index contributed by atoms with van der Waals surface area (Å²) in [5, 5.41) is 2.90. The average molecular weight is 334 g/mol. The van der Waals surface area contributed by atoms with Gasteiger partial charge in [0.1, 0.15) is 17.3 Å². The van der Waals surface area contributed by atoms with Gasteiger partial charge in [-0.2, -0.15) is 0 Å². The minimum atomic E-state index is -0.796. The van der Waals surface area contributed by atoms with Gasteiger partial charge in [-0.25, -0.2) is 13.8 Å². The first-order valence-corrected chi connectivity index (χ1v) is 7.57. The third-order valence-corrected chi connectivity index (χ3v) is 3.93. The number of rotatable bonds is 4. The Morgan fingerprint density at radius 3 is 2.67 bits per heavy atom. The zero-order valence-corrected chi connectivity index (χ0v) is 13.0. The first-order valence-electron chi connectivity index (χ1n) is 7.57. The molecule has 1 saturated heterocycles. The maximum atomic E-state index is 13.9. The SMILES string of the molecule is CCn1ccnc(N[C@@H]2CC(=O)N(c3c(F)cccc3F)C2)c1=O. The lowest BCUT2D eigenvalue weighted by Crippen LogP contribution is -2.32. The van der Waals surface area contributed by atoms with Crippen LogP contribution in [0.5, 0.6) is 0 Å². The van der Waals surface area contributed by atoms with Crippen LogP contribution < -0.4 is 15.8 Å². The number of carbonyl (C=O) groups excluding carboxylic acids is 1. The van der Waals surface area contributed by atoms with Gasteiger partial charge in [0.05, 0.1) is 6.04 Å². The Labute approximate surface area is 136 Å². The van der Waals surface area contributed by atoms with Crippen molar-refractivity contribution in [3.63, 3.8) is 0 Å². The second-order valence-corrected chi connectivity index (χ2v) is 5.49. The van der Waals surface area contributed by atoms with Crippen molar-refractivity contribution in [2.45, 2.75) is 25.9 Å². The van der Waals surface area contributed by atoms with Crippen LogP contribution in [-0.4, -0.2) is 28.0 Å². The maximum Gasteiger partial charge on any atom is 0.293 e. The highest BCUT2D eigenvalue weighted by Crippen LogP contribution is 2.28. The fraction of sp³-hybridized carbons (Fsp3) is 0.312. The molecule has 1 aromatic carbocycles. The molecule has 0 radical (unpaired) electrons. The summed E-state index contributed by atoms with van der Waals surface area (Å²) in [5.74, 6) is -1.89. The van der Waals surface area contributed by atoms with Crippen LogP contribution in [0.3, 0.4) is 0 Å². The summed E-state index contributed by atoms with van der Waals surface area (Å²) >= 11 is 0. The van der Waals surface area contributed by atoms with Gasteiger partial charge in [0, 0.05) is 31.9 Å². The molecule has 8 heteroatoms. The number of carbonyl (C=O) groups is 1. The van der Waals surface area contributed by atoms with Gasteiger partial charge in [0.25, 0.3) is 5.56 Å². The molecule has 1 aliphatic heterocycles. The van der Waals surface area contributed by atoms with Gasteiger partial charge in [-0.3, -0.25) is 9.59 Å². The van der Waals surface area contributed by atoms with Gasteiger partial charge >= 0.3 is 0 Å². The third kappa shape index (κ3) is 2.86. The number of hydrogen-bond donors (Lipinski definition) is 1. The number of benzene rings is 1. The van der Waals surface area contributed by atoms with E-state index in [4.69, 9.17) is 0 Å². The maximum absolute atomic E-state index is 13.9. The van der Waals surface area contributed by atoms with Gasteiger partial charge in [-0.15, -0.1) is 0 Å². The van der Waals surface area contributed by atoms with Gasteiger partial charge in [-0.1, -0.05) is 6.07 Å². The number of aryl methyl sites for hydroxylation is 1. The highest BCUT2D eigenvalue weighted by molar-refractivity contribution is 5.96. The Hall–Kier alpha value is -2.77. The van der Waals surface area contributed by atoms with Crippen molar-refractivity contribution < 1.29 is 13.6 Å². The molecule has 24 heavy (non-hydrogen) atoms. The molecule has 3 rings (SSSR count). The number of aromatic nitrogens is 2. The lowest BCUT2D eigenvalue weighted by atomic mass is 10.2. The number of hydrogen-bond acceptors (Lipinski definition) is 4. The summed E-state index contributed by atoms with van der Waals surface area (Å²) in [6.45, 7) is 2.37. The van der Waals surface area contributed by atoms with Crippen LogP contribution in [0.4, 0.5) is 20.3 Å². The van der Waals surface area contributed by atoms with E-state index in [2.05, 4.69) is 10.3 Å². The van der Waals surface area contributed by atoms with Crippen LogP contribution >= 0.6 is 0 Å². The predicted octanol–water partition coefficient (Wildman–Crippen LogP) is 1.76. The minimum Gasteiger partial charge on any atom is -0.360 e. The fourth-order valence-corrected chi connectivity index (χ4v) is 2.76. The van der Waals surface area contributed by atoms with E-state index in [-0.39, 0.29) is 30.0 Å². The Morgan fingerprint density at radius 1 is 1.29 bits per heavy atom. The van der Waals surface area contributed by atoms with Crippen molar-refractivity contribution in [1.29, 1.82) is 0 Å². The molecule has 1 N–H and O–H groups in total. The van der Waals surface area contributed by atoms with Crippen LogP contribution in [-0.2, 0) is 11.3 Å². The molecule has 0 aliphatic carbocycles. The summed E-state index contributed by atoms with van der Waals surface area (Å²) in [5.41, 5.74) is -0.665. The summed E-state index contributed by atoms with van der Waals surface area (Å²) in [4.78, 5) is 29.3. The van der Waals surface area contributed by atoms with E-state index in [1.807, 2.05) is 6.92 Å². The second kappa shape index (κ2) is 6.38. The van der Waals surface area contributed by atoms with Crippen LogP contribution in [0.2, 0.25) is 0 Å². The Balaban J connectivity index is 1.82. The molecule has 0 spiro atoms. The largest absolute Gasteiger partial charge is 0.360 e. The van der Waals surface area contributed by atoms with Crippen molar-refractivity contribution in [2.75, 3.05) is 16.8 Å². The Bertz CT molecular complexity index is 817. The van der Waals surface area contributed by atoms with Gasteiger partial charge in [0.15, 0.2) is 5.82 Å². The molecule has 2 heterocycles. The number of nitrogens with zero attached hydrogens (tertiary/aromatic N) is 3. The zero-order chi connectivity index (χ0) is 17.3. The quantitative estimate of drug-likeness (QED) is 0.925. The molecule has 6 nitrogen and oxygen atoms in total. The van der Waals surface area contributed by atoms with E-state index in [9.17, 15) is 18.4 Å². The molecule has 1 aliphatic rings. The second-order valence-electron chi connectivity index (χ2n) is 5.49. The Morgan fingerprint density at radius 2 is 2.00 bits per heavy atom. The van der Waals surface area contributed by atoms with E-state index in [0.717, 1.165) is 17.0 Å². The highest BCUT2D eigenvalue weighted by atomic mass is 19.1. The number of para-hydroxylation sites is 1. The Kier molecular flexibility index (Phi) is 4.28. The molecule has 2 aromatic rings. The summed E-state index contributed by atoms with van der Waals surface area (Å²) in [6, 6.07) is 2.99. The van der Waals surface area contributed by atoms with Crippen molar-refractivity contribution in [3.05, 3.63) is 52.6 Å². The molecule has 0 unspecified atom stereocenters. The van der Waals surface area contributed by atoms with Crippen LogP contribution in [0.1, 0.15) is 13.3 Å². The van der Waals surface area contributed by atoms with E-state index < -0.39 is 23.6 Å². The van der Waals surface area contributed by atoms with Gasteiger partial charge in [0.2, 0.25) is 5.91 Å². The fourth-order valence-electron chi connectivity index (χ4n) is 2.76. The zero-order valence-electron chi connectivity index (χ0n) is 13.0. The number of amides is 1. The predicted molar refractivity (Wildman–Crippen MR) is 84.9 cm³/mol. The smallest absolute Gasteiger partial charge is 0.293 e. The third-order valence-electron chi connectivity index (χ3n) is 3.93. The number of nitrogens with one attached hydrogen (secondary N) is 1. The number of halogens is 2. The minimum absolute atomic E-state index is 0.0237. The molecule has 126 valence electrons. The average Bonchev–Trinajstić information content (AvgIpc) is 2.90. The summed E-state index contributed by atoms with van der Waals surface area (Å²) in [7, 11) is 0. The van der Waals surface area contributed by atoms with Crippen LogP contribution in [0.25, 0.3) is 0 Å². The van der Waals surface area contributed by atoms with Crippen molar-refractivity contribution in [2.24, 2.45) is 0 Å². The van der Waals surface area contributed by atoms with E-state index in [1.165, 1.54) is 16.8 Å². The standard InChI is InChI=1S/C16H16F2N4O2/c1-2-21-7-6-19-15(16(21)24)20-10-8-13(23)22(9-10)14-11(17)4-3-5-12(14)18/h3-7,10H,2,8-9H2,1H3,(H,19,20)/t10-/m1/s1. The number of anilines is 2.